The molecule has 0 unspecified atom stereocenters. The Labute approximate surface area is 82.2 Å². The van der Waals surface area contributed by atoms with E-state index in [2.05, 4.69) is 37.9 Å². The highest BCUT2D eigenvalue weighted by molar-refractivity contribution is 5.24. The average molecular weight is 179 g/mol. The molecule has 1 heteroatoms. The van der Waals surface area contributed by atoms with Crippen LogP contribution in [0.5, 0.6) is 0 Å². The first-order valence-corrected chi connectivity index (χ1v) is 4.61. The Hall–Kier alpha value is -0.850. The predicted octanol–water partition coefficient (Wildman–Crippen LogP) is 3.71. The summed E-state index contributed by atoms with van der Waals surface area (Å²) < 4.78 is 0. The van der Waals surface area contributed by atoms with E-state index in [0.29, 0.717) is 5.92 Å². The lowest BCUT2D eigenvalue weighted by Crippen LogP contribution is -2.00. The van der Waals surface area contributed by atoms with Crippen LogP contribution in [0.1, 0.15) is 51.1 Å². The van der Waals surface area contributed by atoms with E-state index in [1.54, 1.807) is 0 Å². The Morgan fingerprint density at radius 3 is 2.38 bits per heavy atom. The SMILES string of the molecule is C.CCc1ccc(C)nc1C(C)C. The molecule has 74 valence electrons. The van der Waals surface area contributed by atoms with Crippen LogP contribution in [0.15, 0.2) is 12.1 Å². The molecule has 1 aromatic heterocycles. The fourth-order valence-electron chi connectivity index (χ4n) is 1.40. The van der Waals surface area contributed by atoms with Crippen molar-refractivity contribution >= 4 is 0 Å². The van der Waals surface area contributed by atoms with E-state index in [-0.39, 0.29) is 7.43 Å². The molecule has 1 nitrogen and oxygen atoms in total. The van der Waals surface area contributed by atoms with Gasteiger partial charge in [0, 0.05) is 11.4 Å². The van der Waals surface area contributed by atoms with Crippen LogP contribution in [0.25, 0.3) is 0 Å². The monoisotopic (exact) mass is 179 g/mol. The van der Waals surface area contributed by atoms with Crippen LogP contribution in [0, 0.1) is 6.92 Å². The molecule has 1 rings (SSSR count). The van der Waals surface area contributed by atoms with Crippen molar-refractivity contribution in [3.05, 3.63) is 29.1 Å². The topological polar surface area (TPSA) is 12.9 Å². The molecule has 0 radical (unpaired) electrons. The molecule has 0 spiro atoms. The number of hydrogen-bond donors (Lipinski definition) is 0. The lowest BCUT2D eigenvalue weighted by Gasteiger charge is -2.10. The van der Waals surface area contributed by atoms with Crippen LogP contribution in [0.2, 0.25) is 0 Å². The molecule has 1 heterocycles. The van der Waals surface area contributed by atoms with Crippen molar-refractivity contribution in [2.45, 2.75) is 47.5 Å². The first-order chi connectivity index (χ1) is 5.65. The van der Waals surface area contributed by atoms with Crippen molar-refractivity contribution in [2.24, 2.45) is 0 Å². The van der Waals surface area contributed by atoms with Crippen LogP contribution in [0.3, 0.4) is 0 Å². The van der Waals surface area contributed by atoms with Gasteiger partial charge in [0.25, 0.3) is 0 Å². The van der Waals surface area contributed by atoms with Crippen molar-refractivity contribution in [3.63, 3.8) is 0 Å². The molecule has 0 aromatic carbocycles. The predicted molar refractivity (Wildman–Crippen MR) is 59.2 cm³/mol. The fourth-order valence-corrected chi connectivity index (χ4v) is 1.40. The Morgan fingerprint density at radius 2 is 1.92 bits per heavy atom. The van der Waals surface area contributed by atoms with Gasteiger partial charge in [-0.3, -0.25) is 4.98 Å². The first kappa shape index (κ1) is 12.2. The summed E-state index contributed by atoms with van der Waals surface area (Å²) in [6.07, 6.45) is 1.08. The average Bonchev–Trinajstić information content (AvgIpc) is 2.04. The first-order valence-electron chi connectivity index (χ1n) is 4.61. The molecule has 0 saturated heterocycles. The van der Waals surface area contributed by atoms with Gasteiger partial charge in [-0.2, -0.15) is 0 Å². The van der Waals surface area contributed by atoms with Crippen molar-refractivity contribution in [1.29, 1.82) is 0 Å². The van der Waals surface area contributed by atoms with Crippen LogP contribution >= 0.6 is 0 Å². The molecule has 13 heavy (non-hydrogen) atoms. The van der Waals surface area contributed by atoms with Gasteiger partial charge >= 0.3 is 0 Å². The highest BCUT2D eigenvalue weighted by Crippen LogP contribution is 2.17. The van der Waals surface area contributed by atoms with Gasteiger partial charge in [0.2, 0.25) is 0 Å². The molecule has 0 saturated carbocycles. The Bertz CT molecular complexity index is 264. The lowest BCUT2D eigenvalue weighted by molar-refractivity contribution is 0.792. The third-order valence-corrected chi connectivity index (χ3v) is 2.08. The third-order valence-electron chi connectivity index (χ3n) is 2.08. The highest BCUT2D eigenvalue weighted by Gasteiger charge is 2.06. The molecular formula is C12H21N. The molecule has 0 amide bonds. The minimum atomic E-state index is 0. The molecule has 0 aliphatic carbocycles. The van der Waals surface area contributed by atoms with Gasteiger partial charge in [0.05, 0.1) is 0 Å². The maximum absolute atomic E-state index is 4.54. The second-order valence-electron chi connectivity index (χ2n) is 3.51. The molecule has 0 bridgehead atoms. The Morgan fingerprint density at radius 1 is 1.31 bits per heavy atom. The molecule has 0 fully saturated rings. The molecule has 0 aliphatic heterocycles. The van der Waals surface area contributed by atoms with E-state index in [4.69, 9.17) is 0 Å². The van der Waals surface area contributed by atoms with Gasteiger partial charge in [0.1, 0.15) is 0 Å². The van der Waals surface area contributed by atoms with Crippen molar-refractivity contribution in [3.8, 4) is 0 Å². The largest absolute Gasteiger partial charge is 0.258 e. The molecule has 0 atom stereocenters. The minimum absolute atomic E-state index is 0. The number of aromatic nitrogens is 1. The van der Waals surface area contributed by atoms with E-state index < -0.39 is 0 Å². The maximum atomic E-state index is 4.54. The number of pyridine rings is 1. The smallest absolute Gasteiger partial charge is 0.0464 e. The van der Waals surface area contributed by atoms with E-state index in [9.17, 15) is 0 Å². The molecule has 0 N–H and O–H groups in total. The summed E-state index contributed by atoms with van der Waals surface area (Å²) >= 11 is 0. The van der Waals surface area contributed by atoms with Crippen molar-refractivity contribution in [2.75, 3.05) is 0 Å². The quantitative estimate of drug-likeness (QED) is 0.674. The number of rotatable bonds is 2. The number of nitrogens with zero attached hydrogens (tertiary/aromatic N) is 1. The summed E-state index contributed by atoms with van der Waals surface area (Å²) in [6, 6.07) is 4.28. The minimum Gasteiger partial charge on any atom is -0.258 e. The second kappa shape index (κ2) is 5.00. The van der Waals surface area contributed by atoms with Crippen molar-refractivity contribution < 1.29 is 0 Å². The second-order valence-corrected chi connectivity index (χ2v) is 3.51. The van der Waals surface area contributed by atoms with Gasteiger partial charge < -0.3 is 0 Å². The van der Waals surface area contributed by atoms with Crippen LogP contribution in [-0.4, -0.2) is 4.98 Å². The zero-order valence-corrected chi connectivity index (χ0v) is 8.39. The summed E-state index contributed by atoms with van der Waals surface area (Å²) in [5.41, 5.74) is 3.77. The molecule has 0 aliphatic rings. The third kappa shape index (κ3) is 2.83. The summed E-state index contributed by atoms with van der Waals surface area (Å²) in [5, 5.41) is 0. The number of aryl methyl sites for hydroxylation is 2. The highest BCUT2D eigenvalue weighted by atomic mass is 14.7. The van der Waals surface area contributed by atoms with Gasteiger partial charge in [-0.1, -0.05) is 34.3 Å². The van der Waals surface area contributed by atoms with Crippen LogP contribution in [-0.2, 0) is 6.42 Å². The van der Waals surface area contributed by atoms with E-state index in [1.807, 2.05) is 6.92 Å². The summed E-state index contributed by atoms with van der Waals surface area (Å²) in [5.74, 6) is 0.542. The molecular weight excluding hydrogens is 158 g/mol. The lowest BCUT2D eigenvalue weighted by atomic mass is 10.0. The zero-order valence-electron chi connectivity index (χ0n) is 8.39. The molecule has 1 aromatic rings. The number of hydrogen-bond acceptors (Lipinski definition) is 1. The zero-order chi connectivity index (χ0) is 9.14. The van der Waals surface area contributed by atoms with Crippen LogP contribution < -0.4 is 0 Å². The van der Waals surface area contributed by atoms with Crippen LogP contribution in [0.4, 0.5) is 0 Å². The standard InChI is InChI=1S/C11H17N.CH4/c1-5-10-7-6-9(4)12-11(10)8(2)3;/h6-8H,5H2,1-4H3;1H4. The Balaban J connectivity index is 0.00000144. The van der Waals surface area contributed by atoms with Crippen molar-refractivity contribution in [1.82, 2.24) is 4.98 Å². The van der Waals surface area contributed by atoms with Gasteiger partial charge in [-0.25, -0.2) is 0 Å². The summed E-state index contributed by atoms with van der Waals surface area (Å²) in [4.78, 5) is 4.54. The van der Waals surface area contributed by atoms with Gasteiger partial charge in [-0.05, 0) is 30.9 Å². The summed E-state index contributed by atoms with van der Waals surface area (Å²) in [7, 11) is 0. The van der Waals surface area contributed by atoms with E-state index in [0.717, 1.165) is 12.1 Å². The fraction of sp³-hybridized carbons (Fsp3) is 0.583. The van der Waals surface area contributed by atoms with E-state index >= 15 is 0 Å². The van der Waals surface area contributed by atoms with E-state index in [1.165, 1.54) is 11.3 Å². The normalized spacial score (nSPS) is 9.92. The summed E-state index contributed by atoms with van der Waals surface area (Å²) in [6.45, 7) is 8.62. The van der Waals surface area contributed by atoms with Gasteiger partial charge in [0.15, 0.2) is 0 Å². The Kier molecular flexibility index (Phi) is 4.68. The van der Waals surface area contributed by atoms with Gasteiger partial charge in [-0.15, -0.1) is 0 Å². The maximum Gasteiger partial charge on any atom is 0.0464 e.